The number of phenolic OH excluding ortho intramolecular Hbond substituents is 1. The minimum atomic E-state index is 0.385. The molecule has 0 amide bonds. The van der Waals surface area contributed by atoms with E-state index < -0.39 is 0 Å². The first-order chi connectivity index (χ1) is 9.56. The summed E-state index contributed by atoms with van der Waals surface area (Å²) in [5.41, 5.74) is 0.990. The molecule has 20 heavy (non-hydrogen) atoms. The highest BCUT2D eigenvalue weighted by Gasteiger charge is 2.19. The van der Waals surface area contributed by atoms with Gasteiger partial charge >= 0.3 is 0 Å². The van der Waals surface area contributed by atoms with E-state index in [0.717, 1.165) is 29.7 Å². The van der Waals surface area contributed by atoms with Crippen molar-refractivity contribution in [2.45, 2.75) is 51.7 Å². The van der Waals surface area contributed by atoms with Crippen molar-refractivity contribution in [2.75, 3.05) is 13.1 Å². The molecular formula is C16H25BrN2O. The summed E-state index contributed by atoms with van der Waals surface area (Å²) in [6.45, 7) is 7.42. The van der Waals surface area contributed by atoms with E-state index >= 15 is 0 Å². The second-order valence-electron chi connectivity index (χ2n) is 5.94. The van der Waals surface area contributed by atoms with Crippen molar-refractivity contribution >= 4 is 15.9 Å². The third-order valence-corrected chi connectivity index (χ3v) is 4.51. The fourth-order valence-corrected chi connectivity index (χ4v) is 3.13. The maximum Gasteiger partial charge on any atom is 0.120 e. The molecular weight excluding hydrogens is 316 g/mol. The van der Waals surface area contributed by atoms with Crippen LogP contribution in [0.15, 0.2) is 22.7 Å². The quantitative estimate of drug-likeness (QED) is 0.860. The van der Waals surface area contributed by atoms with Gasteiger partial charge in [-0.3, -0.25) is 4.90 Å². The number of aromatic hydroxyl groups is 1. The summed E-state index contributed by atoms with van der Waals surface area (Å²) in [6, 6.07) is 6.70. The van der Waals surface area contributed by atoms with E-state index in [-0.39, 0.29) is 0 Å². The molecule has 1 aromatic rings. The Labute approximate surface area is 130 Å². The van der Waals surface area contributed by atoms with Gasteiger partial charge in [-0.25, -0.2) is 0 Å². The average Bonchev–Trinajstić information content (AvgIpc) is 2.43. The van der Waals surface area contributed by atoms with Crippen molar-refractivity contribution in [3.63, 3.8) is 0 Å². The molecule has 0 radical (unpaired) electrons. The van der Waals surface area contributed by atoms with Crippen molar-refractivity contribution < 1.29 is 5.11 Å². The molecule has 1 unspecified atom stereocenters. The van der Waals surface area contributed by atoms with Gasteiger partial charge in [-0.05, 0) is 51.4 Å². The largest absolute Gasteiger partial charge is 0.508 e. The molecule has 2 rings (SSSR count). The molecule has 0 saturated carbocycles. The standard InChI is InChI=1S/C16H25BrN2O/c1-12(2)19(11-15-5-3-4-8-18-15)10-13-9-14(17)6-7-16(13)20/h6-7,9,12,15,18,20H,3-5,8,10-11H2,1-2H3. The van der Waals surface area contributed by atoms with Crippen molar-refractivity contribution in [2.24, 2.45) is 0 Å². The Morgan fingerprint density at radius 2 is 2.20 bits per heavy atom. The number of phenols is 1. The Morgan fingerprint density at radius 1 is 1.40 bits per heavy atom. The lowest BCUT2D eigenvalue weighted by atomic mass is 10.0. The number of nitrogens with one attached hydrogen (secondary N) is 1. The predicted octanol–water partition coefficient (Wildman–Crippen LogP) is 3.51. The lowest BCUT2D eigenvalue weighted by Crippen LogP contribution is -2.45. The summed E-state index contributed by atoms with van der Waals surface area (Å²) in [7, 11) is 0. The molecule has 4 heteroatoms. The van der Waals surface area contributed by atoms with Crippen LogP contribution < -0.4 is 5.32 Å². The zero-order valence-corrected chi connectivity index (χ0v) is 14.0. The van der Waals surface area contributed by atoms with Crippen LogP contribution in [0.1, 0.15) is 38.7 Å². The third-order valence-electron chi connectivity index (χ3n) is 4.01. The van der Waals surface area contributed by atoms with Gasteiger partial charge in [-0.2, -0.15) is 0 Å². The maximum atomic E-state index is 10.0. The molecule has 1 atom stereocenters. The second-order valence-corrected chi connectivity index (χ2v) is 6.86. The lowest BCUT2D eigenvalue weighted by Gasteiger charge is -2.33. The van der Waals surface area contributed by atoms with Gasteiger partial charge in [-0.15, -0.1) is 0 Å². The summed E-state index contributed by atoms with van der Waals surface area (Å²) >= 11 is 3.48. The lowest BCUT2D eigenvalue weighted by molar-refractivity contribution is 0.175. The molecule has 1 aromatic carbocycles. The minimum Gasteiger partial charge on any atom is -0.508 e. The van der Waals surface area contributed by atoms with Crippen LogP contribution in [0.2, 0.25) is 0 Å². The number of hydrogen-bond acceptors (Lipinski definition) is 3. The molecule has 1 saturated heterocycles. The van der Waals surface area contributed by atoms with Gasteiger partial charge in [0.05, 0.1) is 0 Å². The van der Waals surface area contributed by atoms with E-state index in [1.165, 1.54) is 19.3 Å². The highest BCUT2D eigenvalue weighted by Crippen LogP contribution is 2.24. The first kappa shape index (κ1) is 15.8. The smallest absolute Gasteiger partial charge is 0.120 e. The maximum absolute atomic E-state index is 10.0. The number of rotatable bonds is 5. The first-order valence-corrected chi connectivity index (χ1v) is 8.30. The molecule has 112 valence electrons. The molecule has 0 aromatic heterocycles. The highest BCUT2D eigenvalue weighted by atomic mass is 79.9. The van der Waals surface area contributed by atoms with Crippen LogP contribution in [0.25, 0.3) is 0 Å². The van der Waals surface area contributed by atoms with Gasteiger partial charge in [0.2, 0.25) is 0 Å². The van der Waals surface area contributed by atoms with E-state index in [0.29, 0.717) is 17.8 Å². The van der Waals surface area contributed by atoms with Crippen molar-refractivity contribution in [3.05, 3.63) is 28.2 Å². The summed E-state index contributed by atoms with van der Waals surface area (Å²) in [5, 5.41) is 13.6. The van der Waals surface area contributed by atoms with E-state index in [9.17, 15) is 5.11 Å². The van der Waals surface area contributed by atoms with E-state index in [2.05, 4.69) is 40.0 Å². The normalized spacial score (nSPS) is 19.8. The second kappa shape index (κ2) is 7.43. The summed E-state index contributed by atoms with van der Waals surface area (Å²) in [4.78, 5) is 2.44. The molecule has 1 aliphatic rings. The van der Waals surface area contributed by atoms with Crippen LogP contribution in [0.5, 0.6) is 5.75 Å². The van der Waals surface area contributed by atoms with Crippen LogP contribution >= 0.6 is 15.9 Å². The van der Waals surface area contributed by atoms with Gasteiger partial charge in [0, 0.05) is 35.2 Å². The van der Waals surface area contributed by atoms with Crippen molar-refractivity contribution in [3.8, 4) is 5.75 Å². The van der Waals surface area contributed by atoms with E-state index in [4.69, 9.17) is 0 Å². The summed E-state index contributed by atoms with van der Waals surface area (Å²) in [5.74, 6) is 0.385. The SMILES string of the molecule is CC(C)N(Cc1cc(Br)ccc1O)CC1CCCCN1. The average molecular weight is 341 g/mol. The Bertz CT molecular complexity index is 430. The Balaban J connectivity index is 2.02. The van der Waals surface area contributed by atoms with Crippen LogP contribution in [0.3, 0.4) is 0 Å². The van der Waals surface area contributed by atoms with Crippen molar-refractivity contribution in [1.82, 2.24) is 10.2 Å². The van der Waals surface area contributed by atoms with Crippen LogP contribution in [-0.4, -0.2) is 35.2 Å². The zero-order chi connectivity index (χ0) is 14.5. The Kier molecular flexibility index (Phi) is 5.87. The number of hydrogen-bond donors (Lipinski definition) is 2. The molecule has 3 nitrogen and oxygen atoms in total. The van der Waals surface area contributed by atoms with Gasteiger partial charge in [0.1, 0.15) is 5.75 Å². The number of benzene rings is 1. The number of halogens is 1. The third kappa shape index (κ3) is 4.47. The van der Waals surface area contributed by atoms with Gasteiger partial charge in [0.25, 0.3) is 0 Å². The van der Waals surface area contributed by atoms with Crippen LogP contribution in [-0.2, 0) is 6.54 Å². The molecule has 0 aliphatic carbocycles. The topological polar surface area (TPSA) is 35.5 Å². The fourth-order valence-electron chi connectivity index (χ4n) is 2.72. The fraction of sp³-hybridized carbons (Fsp3) is 0.625. The first-order valence-electron chi connectivity index (χ1n) is 7.51. The molecule has 2 N–H and O–H groups in total. The number of nitrogens with zero attached hydrogens (tertiary/aromatic N) is 1. The van der Waals surface area contributed by atoms with Gasteiger partial charge in [0.15, 0.2) is 0 Å². The Hall–Kier alpha value is -0.580. The molecule has 0 bridgehead atoms. The molecule has 1 fully saturated rings. The number of piperidine rings is 1. The van der Waals surface area contributed by atoms with Gasteiger partial charge < -0.3 is 10.4 Å². The Morgan fingerprint density at radius 3 is 2.85 bits per heavy atom. The van der Waals surface area contributed by atoms with Crippen LogP contribution in [0, 0.1) is 0 Å². The van der Waals surface area contributed by atoms with E-state index in [1.54, 1.807) is 6.07 Å². The molecule has 0 spiro atoms. The van der Waals surface area contributed by atoms with Gasteiger partial charge in [-0.1, -0.05) is 22.4 Å². The summed E-state index contributed by atoms with van der Waals surface area (Å²) < 4.78 is 1.02. The molecule has 1 aliphatic heterocycles. The van der Waals surface area contributed by atoms with Crippen molar-refractivity contribution in [1.29, 1.82) is 0 Å². The predicted molar refractivity (Wildman–Crippen MR) is 87.0 cm³/mol. The van der Waals surface area contributed by atoms with E-state index in [1.807, 2.05) is 12.1 Å². The highest BCUT2D eigenvalue weighted by molar-refractivity contribution is 9.10. The minimum absolute atomic E-state index is 0.385. The monoisotopic (exact) mass is 340 g/mol. The molecule has 1 heterocycles. The zero-order valence-electron chi connectivity index (χ0n) is 12.4. The van der Waals surface area contributed by atoms with Crippen LogP contribution in [0.4, 0.5) is 0 Å². The summed E-state index contributed by atoms with van der Waals surface area (Å²) in [6.07, 6.45) is 3.88.